The second-order valence-electron chi connectivity index (χ2n) is 26.8. The van der Waals surface area contributed by atoms with Crippen LogP contribution in [0.4, 0.5) is 43.7 Å². The number of amides is 2. The summed E-state index contributed by atoms with van der Waals surface area (Å²) >= 11 is 0. The normalized spacial score (nSPS) is 16.0. The molecule has 0 N–H and O–H groups in total. The average Bonchev–Trinajstić information content (AvgIpc) is 1.63. The lowest BCUT2D eigenvalue weighted by atomic mass is 9.77. The Hall–Kier alpha value is -9.56. The van der Waals surface area contributed by atoms with E-state index in [-0.39, 0.29) is 13.2 Å². The van der Waals surface area contributed by atoms with E-state index in [2.05, 4.69) is 89.5 Å². The van der Waals surface area contributed by atoms with Crippen molar-refractivity contribution in [3.63, 3.8) is 0 Å². The second-order valence-corrected chi connectivity index (χ2v) is 26.8. The Morgan fingerprint density at radius 1 is 0.402 bits per heavy atom. The highest BCUT2D eigenvalue weighted by molar-refractivity contribution is 6.01. The van der Waals surface area contributed by atoms with Crippen molar-refractivity contribution >= 4 is 58.2 Å². The summed E-state index contributed by atoms with van der Waals surface area (Å²) in [5.74, 6) is 1.39. The molecule has 14 nitrogen and oxygen atoms in total. The summed E-state index contributed by atoms with van der Waals surface area (Å²) < 4.78 is 39.5. The van der Waals surface area contributed by atoms with E-state index in [9.17, 15) is 19.2 Å². The molecule has 8 aromatic rings. The largest absolute Gasteiger partial charge is 0.456 e. The van der Waals surface area contributed by atoms with E-state index in [4.69, 9.17) is 28.4 Å². The third-order valence-corrected chi connectivity index (χ3v) is 19.9. The number of esters is 2. The Labute approximate surface area is 572 Å². The van der Waals surface area contributed by atoms with Crippen LogP contribution in [0.15, 0.2) is 158 Å². The molecule has 0 saturated heterocycles. The average molecular weight is 1310 g/mol. The first-order chi connectivity index (χ1) is 47.1. The predicted molar refractivity (Wildman–Crippen MR) is 385 cm³/mol. The minimum Gasteiger partial charge on any atom is -0.456 e. The molecule has 14 heteroatoms. The number of fused-ring (bicyclic) bond motifs is 12. The number of carbonyl (C=O) groups excluding carboxylic acids is 4. The van der Waals surface area contributed by atoms with Crippen LogP contribution >= 0.6 is 0 Å². The van der Waals surface area contributed by atoms with Crippen molar-refractivity contribution in [1.82, 2.24) is 0 Å². The minimum atomic E-state index is -1.39. The van der Waals surface area contributed by atoms with Gasteiger partial charge in [0, 0.05) is 88.5 Å². The van der Waals surface area contributed by atoms with Gasteiger partial charge < -0.3 is 38.2 Å². The highest BCUT2D eigenvalue weighted by atomic mass is 16.6. The number of nitrogens with zero attached hydrogens (tertiary/aromatic N) is 4. The summed E-state index contributed by atoms with van der Waals surface area (Å²) in [5.41, 5.74) is 9.31. The quantitative estimate of drug-likeness (QED) is 0.0290. The molecule has 504 valence electrons. The molecule has 12 rings (SSSR count). The third-order valence-electron chi connectivity index (χ3n) is 19.9. The molecule has 2 spiro atoms. The molecule has 2 amide bonds. The summed E-state index contributed by atoms with van der Waals surface area (Å²) in [5, 5.41) is 0. The van der Waals surface area contributed by atoms with Gasteiger partial charge in [0.15, 0.2) is 11.2 Å². The fraction of sp³-hybridized carbons (Fsp3) is 0.373. The second kappa shape index (κ2) is 28.6. The maximum atomic E-state index is 14.8. The summed E-state index contributed by atoms with van der Waals surface area (Å²) in [6, 6.07) is 51.2. The number of hydrogen-bond acceptors (Lipinski definition) is 12. The van der Waals surface area contributed by atoms with Crippen molar-refractivity contribution in [3.8, 4) is 23.0 Å². The Bertz CT molecular complexity index is 3950. The molecule has 4 aliphatic heterocycles. The molecule has 0 aromatic heterocycles. The van der Waals surface area contributed by atoms with E-state index >= 15 is 0 Å². The van der Waals surface area contributed by atoms with Gasteiger partial charge in [-0.05, 0) is 160 Å². The van der Waals surface area contributed by atoms with Crippen LogP contribution in [0.3, 0.4) is 0 Å². The van der Waals surface area contributed by atoms with Crippen LogP contribution in [0.25, 0.3) is 0 Å². The molecule has 4 heterocycles. The fourth-order valence-electron chi connectivity index (χ4n) is 14.2. The maximum Gasteiger partial charge on any atom is 0.418 e. The third kappa shape index (κ3) is 12.5. The van der Waals surface area contributed by atoms with Gasteiger partial charge in [-0.2, -0.15) is 0 Å². The van der Waals surface area contributed by atoms with Gasteiger partial charge in [-0.1, -0.05) is 155 Å². The van der Waals surface area contributed by atoms with Gasteiger partial charge in [0.25, 0.3) is 0 Å². The Kier molecular flexibility index (Phi) is 19.9. The van der Waals surface area contributed by atoms with Gasteiger partial charge in [-0.3, -0.25) is 0 Å². The van der Waals surface area contributed by atoms with Crippen LogP contribution in [0.1, 0.15) is 209 Å². The van der Waals surface area contributed by atoms with Gasteiger partial charge in [0.2, 0.25) is 0 Å². The number of anilines is 6. The van der Waals surface area contributed by atoms with Crippen molar-refractivity contribution in [2.45, 2.75) is 163 Å². The zero-order chi connectivity index (χ0) is 68.2. The summed E-state index contributed by atoms with van der Waals surface area (Å²) in [6.07, 6.45) is 10.4. The van der Waals surface area contributed by atoms with Crippen LogP contribution in [-0.4, -0.2) is 63.5 Å². The van der Waals surface area contributed by atoms with Gasteiger partial charge in [-0.25, -0.2) is 29.0 Å². The van der Waals surface area contributed by atoms with Gasteiger partial charge in [0.05, 0.1) is 47.1 Å². The van der Waals surface area contributed by atoms with Gasteiger partial charge in [0.1, 0.15) is 23.0 Å². The maximum absolute atomic E-state index is 14.8. The number of rotatable bonds is 26. The van der Waals surface area contributed by atoms with Crippen LogP contribution in [-0.2, 0) is 35.6 Å². The van der Waals surface area contributed by atoms with Crippen molar-refractivity contribution in [2.24, 2.45) is 0 Å². The summed E-state index contributed by atoms with van der Waals surface area (Å²) in [4.78, 5) is 66.0. The molecule has 2 unspecified atom stereocenters. The minimum absolute atomic E-state index is 0.226. The van der Waals surface area contributed by atoms with Crippen LogP contribution in [0, 0.1) is 13.8 Å². The number of benzene rings is 8. The van der Waals surface area contributed by atoms with Gasteiger partial charge >= 0.3 is 24.1 Å². The first-order valence-corrected chi connectivity index (χ1v) is 35.3. The SMILES string of the molecule is CCCCOC(=O)N(c1ccc(C(C)(C)c2ccc(N(C(=O)OCCCC)c3cc4c(cc3C)Oc3cc(N(CCCC)CCCC)ccc3C43OC(=O)c4ccccc43)cc2)cc1)c1cc2c(cc1C)Oc1cc(N(CCCC)CCCC)ccc1C21OC(=O)c2ccccc21. The smallest absolute Gasteiger partial charge is 0.418 e. The van der Waals surface area contributed by atoms with E-state index in [1.807, 2.05) is 135 Å². The van der Waals surface area contributed by atoms with Crippen molar-refractivity contribution in [1.29, 1.82) is 0 Å². The first kappa shape index (κ1) is 67.4. The number of hydrogen-bond donors (Lipinski definition) is 0. The lowest BCUT2D eigenvalue weighted by molar-refractivity contribution is 0.0214. The summed E-state index contributed by atoms with van der Waals surface area (Å²) in [7, 11) is 0. The molecule has 0 aliphatic carbocycles. The lowest BCUT2D eigenvalue weighted by Crippen LogP contribution is -2.34. The standard InChI is InChI=1S/C83H92N4O10/c1-11-17-43-84(44-18-12-2)61-39-41-67-75(51-61)94-73-49-55(7)71(53-69(73)82(67)65-29-25-23-27-63(65)77(88)96-82)86(79(90)92-47-21-15-5)59-35-31-57(32-36-59)81(9,10)58-33-37-60(38-34-58)87(80(91)93-48-22-16-6)72-54-70-74(50-56(72)8)95-76-52-62(85(45-19-13-3)46-20-14-4)40-42-68(76)83(70)66-30-26-24-28-64(66)78(89)97-83/h23-42,49-54H,11-22,43-48H2,1-10H3. The van der Waals surface area contributed by atoms with E-state index < -0.39 is 40.7 Å². The van der Waals surface area contributed by atoms with Crippen molar-refractivity contribution in [2.75, 3.05) is 59.0 Å². The molecule has 0 radical (unpaired) electrons. The number of unbranched alkanes of at least 4 members (excludes halogenated alkanes) is 6. The van der Waals surface area contributed by atoms with E-state index in [1.54, 1.807) is 21.9 Å². The van der Waals surface area contributed by atoms with E-state index in [0.29, 0.717) is 103 Å². The Balaban J connectivity index is 0.893. The van der Waals surface area contributed by atoms with E-state index in [1.165, 1.54) is 0 Å². The molecule has 2 atom stereocenters. The predicted octanol–water partition coefficient (Wildman–Crippen LogP) is 20.7. The molecule has 8 aromatic carbocycles. The lowest BCUT2D eigenvalue weighted by Gasteiger charge is -2.38. The molecular weight excluding hydrogens is 1210 g/mol. The number of aryl methyl sites for hydroxylation is 2. The number of ether oxygens (including phenoxy) is 6. The topological polar surface area (TPSA) is 137 Å². The van der Waals surface area contributed by atoms with Crippen molar-refractivity contribution in [3.05, 3.63) is 224 Å². The fourth-order valence-corrected chi connectivity index (χ4v) is 14.2. The molecular formula is C83H92N4O10. The monoisotopic (exact) mass is 1300 g/mol. The van der Waals surface area contributed by atoms with Crippen molar-refractivity contribution < 1.29 is 47.6 Å². The van der Waals surface area contributed by atoms with Crippen LogP contribution in [0.5, 0.6) is 23.0 Å². The Morgan fingerprint density at radius 3 is 1.10 bits per heavy atom. The van der Waals surface area contributed by atoms with Gasteiger partial charge in [-0.15, -0.1) is 0 Å². The molecule has 0 saturated carbocycles. The molecule has 0 bridgehead atoms. The highest BCUT2D eigenvalue weighted by Crippen LogP contribution is 2.60. The Morgan fingerprint density at radius 2 is 0.742 bits per heavy atom. The van der Waals surface area contributed by atoms with E-state index in [0.717, 1.165) is 124 Å². The number of carbonyl (C=O) groups is 4. The summed E-state index contributed by atoms with van der Waals surface area (Å²) in [6.45, 7) is 25.2. The van der Waals surface area contributed by atoms with Crippen LogP contribution in [0.2, 0.25) is 0 Å². The molecule has 0 fully saturated rings. The van der Waals surface area contributed by atoms with Crippen LogP contribution < -0.4 is 29.1 Å². The molecule has 4 aliphatic rings. The zero-order valence-corrected chi connectivity index (χ0v) is 58.1. The molecule has 97 heavy (non-hydrogen) atoms. The highest BCUT2D eigenvalue weighted by Gasteiger charge is 2.56. The first-order valence-electron chi connectivity index (χ1n) is 35.3. The zero-order valence-electron chi connectivity index (χ0n) is 58.1.